The first-order valence-corrected chi connectivity index (χ1v) is 11.5. The van der Waals surface area contributed by atoms with Gasteiger partial charge in [0.25, 0.3) is 11.5 Å². The summed E-state index contributed by atoms with van der Waals surface area (Å²) in [6.07, 6.45) is 5.60. The maximum Gasteiger partial charge on any atom is 0.263 e. The first-order valence-electron chi connectivity index (χ1n) is 11.5. The molecule has 9 nitrogen and oxygen atoms in total. The van der Waals surface area contributed by atoms with E-state index >= 15 is 0 Å². The number of nitrogens with one attached hydrogen (secondary N) is 3. The molecule has 0 spiro atoms. The van der Waals surface area contributed by atoms with Gasteiger partial charge in [-0.2, -0.15) is 0 Å². The number of likely N-dealkylation sites (N-methyl/N-ethyl adjacent to an activating group) is 1. The van der Waals surface area contributed by atoms with Gasteiger partial charge in [0, 0.05) is 55.5 Å². The van der Waals surface area contributed by atoms with E-state index < -0.39 is 17.6 Å². The smallest absolute Gasteiger partial charge is 0.263 e. The van der Waals surface area contributed by atoms with Crippen molar-refractivity contribution in [2.24, 2.45) is 0 Å². The summed E-state index contributed by atoms with van der Waals surface area (Å²) in [4.78, 5) is 37.1. The van der Waals surface area contributed by atoms with E-state index in [1.165, 1.54) is 6.20 Å². The van der Waals surface area contributed by atoms with E-state index in [-0.39, 0.29) is 5.56 Å². The van der Waals surface area contributed by atoms with Gasteiger partial charge in [0.1, 0.15) is 5.56 Å². The molecule has 0 saturated carbocycles. The summed E-state index contributed by atoms with van der Waals surface area (Å²) in [5.74, 6) is -0.503. The van der Waals surface area contributed by atoms with Gasteiger partial charge >= 0.3 is 0 Å². The molecule has 1 atom stereocenters. The third-order valence-electron chi connectivity index (χ3n) is 6.57. The van der Waals surface area contributed by atoms with Crippen LogP contribution < -0.4 is 21.1 Å². The molecule has 9 heteroatoms. The van der Waals surface area contributed by atoms with E-state index in [1.54, 1.807) is 18.5 Å². The predicted octanol–water partition coefficient (Wildman–Crippen LogP) is 2.50. The fourth-order valence-corrected chi connectivity index (χ4v) is 4.58. The van der Waals surface area contributed by atoms with Crippen molar-refractivity contribution >= 4 is 28.7 Å². The molecule has 1 fully saturated rings. The fraction of sp³-hybridized carbons (Fsp3) is 0.320. The number of H-pyrrole nitrogens is 1. The van der Waals surface area contributed by atoms with E-state index in [0.29, 0.717) is 29.9 Å². The van der Waals surface area contributed by atoms with E-state index in [4.69, 9.17) is 0 Å². The number of pyridine rings is 2. The first-order chi connectivity index (χ1) is 16.5. The molecule has 34 heavy (non-hydrogen) atoms. The number of hydrogen-bond acceptors (Lipinski definition) is 7. The lowest BCUT2D eigenvalue weighted by atomic mass is 10.1. The Kier molecular flexibility index (Phi) is 6.04. The average molecular weight is 461 g/mol. The van der Waals surface area contributed by atoms with E-state index in [1.807, 2.05) is 24.3 Å². The number of hydrogen-bond donors (Lipinski definition) is 4. The van der Waals surface area contributed by atoms with Crippen LogP contribution in [-0.2, 0) is 6.42 Å². The Morgan fingerprint density at radius 1 is 1.09 bits per heavy atom. The zero-order valence-corrected chi connectivity index (χ0v) is 19.0. The quantitative estimate of drug-likeness (QED) is 0.463. The number of aromatic amines is 1. The second-order valence-corrected chi connectivity index (χ2v) is 8.82. The second-order valence-electron chi connectivity index (χ2n) is 8.82. The van der Waals surface area contributed by atoms with Crippen LogP contribution in [0.3, 0.4) is 0 Å². The van der Waals surface area contributed by atoms with Crippen LogP contribution in [0.5, 0.6) is 0 Å². The van der Waals surface area contributed by atoms with Gasteiger partial charge < -0.3 is 30.5 Å². The van der Waals surface area contributed by atoms with Crippen LogP contribution in [0, 0.1) is 0 Å². The number of aliphatic hydroxyl groups is 1. The summed E-state index contributed by atoms with van der Waals surface area (Å²) in [5.41, 5.74) is 4.02. The van der Waals surface area contributed by atoms with Crippen LogP contribution in [-0.4, -0.2) is 59.1 Å². The summed E-state index contributed by atoms with van der Waals surface area (Å²) < 4.78 is 0. The summed E-state index contributed by atoms with van der Waals surface area (Å²) in [6.45, 7) is 3.96. The van der Waals surface area contributed by atoms with Gasteiger partial charge in [-0.05, 0) is 55.8 Å². The first kappa shape index (κ1) is 22.1. The number of aliphatic hydroxyl groups excluding tert-OH is 1. The Labute approximate surface area is 197 Å². The molecule has 2 aliphatic rings. The van der Waals surface area contributed by atoms with Gasteiger partial charge in [0.15, 0.2) is 0 Å². The fourth-order valence-electron chi connectivity index (χ4n) is 4.58. The Morgan fingerprint density at radius 3 is 2.62 bits per heavy atom. The van der Waals surface area contributed by atoms with E-state index in [2.05, 4.69) is 37.4 Å². The van der Waals surface area contributed by atoms with E-state index in [0.717, 1.165) is 43.0 Å². The third-order valence-corrected chi connectivity index (χ3v) is 6.57. The van der Waals surface area contributed by atoms with Gasteiger partial charge in [-0.1, -0.05) is 0 Å². The molecule has 0 bridgehead atoms. The van der Waals surface area contributed by atoms with Crippen molar-refractivity contribution in [3.05, 3.63) is 76.0 Å². The van der Waals surface area contributed by atoms with Crippen LogP contribution in [0.4, 0.5) is 22.7 Å². The number of fused-ring (bicyclic) bond motifs is 1. The highest BCUT2D eigenvalue weighted by Crippen LogP contribution is 2.36. The standard InChI is InChI=1S/C25H28N6O3/c1-30-10-12-31(13-11-30)17-4-2-16(3-5-17)28-25(34)23-20(8-9-27-24(23)33)29-21-15-26-14-19-18(21)6-7-22(19)32/h2-5,8-9,14-15,22,32H,6-7,10-13H2,1H3,(H,28,34)(H2,27,29,33). The van der Waals surface area contributed by atoms with Crippen molar-refractivity contribution in [2.75, 3.05) is 48.8 Å². The summed E-state index contributed by atoms with van der Waals surface area (Å²) >= 11 is 0. The monoisotopic (exact) mass is 460 g/mol. The summed E-state index contributed by atoms with van der Waals surface area (Å²) in [7, 11) is 2.12. The molecule has 0 radical (unpaired) electrons. The minimum atomic E-state index is -0.542. The molecule has 1 aromatic carbocycles. The number of nitrogens with zero attached hydrogens (tertiary/aromatic N) is 3. The largest absolute Gasteiger partial charge is 0.388 e. The Morgan fingerprint density at radius 2 is 1.85 bits per heavy atom. The SMILES string of the molecule is CN1CCN(c2ccc(NC(=O)c3c(Nc4cncc5c4CCC5O)cc[nH]c3=O)cc2)CC1. The van der Waals surface area contributed by atoms with Crippen LogP contribution in [0.25, 0.3) is 0 Å². The van der Waals surface area contributed by atoms with Crippen molar-refractivity contribution in [2.45, 2.75) is 18.9 Å². The minimum absolute atomic E-state index is 0.0122. The number of benzene rings is 1. The maximum absolute atomic E-state index is 13.1. The van der Waals surface area contributed by atoms with Crippen molar-refractivity contribution in [3.63, 3.8) is 0 Å². The van der Waals surface area contributed by atoms with Crippen LogP contribution >= 0.6 is 0 Å². The van der Waals surface area contributed by atoms with Gasteiger partial charge in [-0.15, -0.1) is 0 Å². The molecule has 1 amide bonds. The van der Waals surface area contributed by atoms with Crippen molar-refractivity contribution in [3.8, 4) is 0 Å². The molecule has 176 valence electrons. The Balaban J connectivity index is 1.35. The van der Waals surface area contributed by atoms with Crippen molar-refractivity contribution in [1.29, 1.82) is 0 Å². The number of amides is 1. The van der Waals surface area contributed by atoms with E-state index in [9.17, 15) is 14.7 Å². The van der Waals surface area contributed by atoms with Gasteiger partial charge in [-0.25, -0.2) is 0 Å². The number of rotatable bonds is 5. The summed E-state index contributed by atoms with van der Waals surface area (Å²) in [5, 5.41) is 16.2. The molecule has 3 heterocycles. The molecule has 3 aromatic rings. The van der Waals surface area contributed by atoms with Crippen molar-refractivity contribution < 1.29 is 9.90 Å². The van der Waals surface area contributed by atoms with Crippen LogP contribution in [0.15, 0.2) is 53.7 Å². The van der Waals surface area contributed by atoms with Crippen molar-refractivity contribution in [1.82, 2.24) is 14.9 Å². The molecular formula is C25H28N6O3. The van der Waals surface area contributed by atoms with Gasteiger partial charge in [0.2, 0.25) is 0 Å². The number of aromatic nitrogens is 2. The van der Waals surface area contributed by atoms with Crippen LogP contribution in [0.1, 0.15) is 34.0 Å². The second kappa shape index (κ2) is 9.28. The maximum atomic E-state index is 13.1. The summed E-state index contributed by atoms with van der Waals surface area (Å²) in [6, 6.07) is 9.33. The molecule has 1 unspecified atom stereocenters. The lowest BCUT2D eigenvalue weighted by Gasteiger charge is -2.34. The number of piperazine rings is 1. The third kappa shape index (κ3) is 4.40. The average Bonchev–Trinajstić information content (AvgIpc) is 3.22. The predicted molar refractivity (Wildman–Crippen MR) is 132 cm³/mol. The number of anilines is 4. The normalized spacial score (nSPS) is 17.9. The highest BCUT2D eigenvalue weighted by atomic mass is 16.3. The molecule has 2 aromatic heterocycles. The highest BCUT2D eigenvalue weighted by molar-refractivity contribution is 6.08. The zero-order chi connectivity index (χ0) is 23.7. The lowest BCUT2D eigenvalue weighted by molar-refractivity contribution is 0.102. The zero-order valence-electron chi connectivity index (χ0n) is 19.0. The topological polar surface area (TPSA) is 114 Å². The molecule has 1 aliphatic heterocycles. The molecule has 1 saturated heterocycles. The Hall–Kier alpha value is -3.69. The van der Waals surface area contributed by atoms with Gasteiger partial charge in [-0.3, -0.25) is 14.6 Å². The molecule has 4 N–H and O–H groups in total. The number of carbonyl (C=O) groups is 1. The molecule has 1 aliphatic carbocycles. The van der Waals surface area contributed by atoms with Gasteiger partial charge in [0.05, 0.1) is 23.7 Å². The van der Waals surface area contributed by atoms with Crippen LogP contribution in [0.2, 0.25) is 0 Å². The Bertz CT molecular complexity index is 1250. The lowest BCUT2D eigenvalue weighted by Crippen LogP contribution is -2.44. The molecule has 5 rings (SSSR count). The minimum Gasteiger partial charge on any atom is -0.388 e. The number of carbonyl (C=O) groups excluding carboxylic acids is 1. The molecular weight excluding hydrogens is 432 g/mol. The highest BCUT2D eigenvalue weighted by Gasteiger charge is 2.24.